The minimum atomic E-state index is 0.680. The maximum Gasteiger partial charge on any atom is 0.167 e. The maximum absolute atomic E-state index is 5.62. The summed E-state index contributed by atoms with van der Waals surface area (Å²) in [5, 5.41) is 1.02. The number of benzene rings is 1. The summed E-state index contributed by atoms with van der Waals surface area (Å²) in [7, 11) is 1.99. The van der Waals surface area contributed by atoms with Crippen molar-refractivity contribution in [1.82, 2.24) is 9.55 Å². The molecule has 0 N–H and O–H groups in total. The SMILES string of the molecule is Cn1ccnc1SCCOc1ccc(Br)cc1. The number of hydrogen-bond acceptors (Lipinski definition) is 3. The summed E-state index contributed by atoms with van der Waals surface area (Å²) in [6.07, 6.45) is 3.75. The number of aromatic nitrogens is 2. The van der Waals surface area contributed by atoms with Crippen molar-refractivity contribution < 1.29 is 4.74 Å². The fourth-order valence-electron chi connectivity index (χ4n) is 1.31. The lowest BCUT2D eigenvalue weighted by molar-refractivity contribution is 0.344. The van der Waals surface area contributed by atoms with Gasteiger partial charge in [-0.15, -0.1) is 0 Å². The monoisotopic (exact) mass is 312 g/mol. The largest absolute Gasteiger partial charge is 0.493 e. The zero-order valence-corrected chi connectivity index (χ0v) is 11.9. The minimum absolute atomic E-state index is 0.680. The van der Waals surface area contributed by atoms with Crippen molar-refractivity contribution in [2.45, 2.75) is 5.16 Å². The second kappa shape index (κ2) is 6.12. The van der Waals surface area contributed by atoms with Gasteiger partial charge < -0.3 is 9.30 Å². The third-order valence-electron chi connectivity index (χ3n) is 2.17. The molecule has 0 spiro atoms. The molecule has 0 aliphatic heterocycles. The first-order valence-electron chi connectivity index (χ1n) is 5.24. The molecule has 3 nitrogen and oxygen atoms in total. The summed E-state index contributed by atoms with van der Waals surface area (Å²) in [4.78, 5) is 4.24. The van der Waals surface area contributed by atoms with Crippen molar-refractivity contribution in [2.75, 3.05) is 12.4 Å². The number of hydrogen-bond donors (Lipinski definition) is 0. The first-order valence-corrected chi connectivity index (χ1v) is 7.02. The molecule has 90 valence electrons. The molecule has 0 saturated carbocycles. The lowest BCUT2D eigenvalue weighted by atomic mass is 10.3. The summed E-state index contributed by atoms with van der Waals surface area (Å²) < 4.78 is 8.69. The molecule has 0 aliphatic carbocycles. The summed E-state index contributed by atoms with van der Waals surface area (Å²) in [5.41, 5.74) is 0. The van der Waals surface area contributed by atoms with Gasteiger partial charge >= 0.3 is 0 Å². The predicted molar refractivity (Wildman–Crippen MR) is 73.6 cm³/mol. The van der Waals surface area contributed by atoms with Gasteiger partial charge in [0.1, 0.15) is 5.75 Å². The second-order valence-electron chi connectivity index (χ2n) is 3.47. The maximum atomic E-state index is 5.62. The standard InChI is InChI=1S/C12H13BrN2OS/c1-15-7-6-14-12(15)17-9-8-16-11-4-2-10(13)3-5-11/h2-7H,8-9H2,1H3. The number of thioether (sulfide) groups is 1. The fraction of sp³-hybridized carbons (Fsp3) is 0.250. The topological polar surface area (TPSA) is 27.1 Å². The van der Waals surface area contributed by atoms with Crippen LogP contribution in [0.1, 0.15) is 0 Å². The van der Waals surface area contributed by atoms with Crippen molar-refractivity contribution >= 4 is 27.7 Å². The summed E-state index contributed by atoms with van der Waals surface area (Å²) in [6, 6.07) is 7.85. The third-order valence-corrected chi connectivity index (χ3v) is 3.72. The highest BCUT2D eigenvalue weighted by Crippen LogP contribution is 2.17. The number of halogens is 1. The van der Waals surface area contributed by atoms with Crippen LogP contribution < -0.4 is 4.74 Å². The molecule has 17 heavy (non-hydrogen) atoms. The lowest BCUT2D eigenvalue weighted by Crippen LogP contribution is -2.01. The zero-order chi connectivity index (χ0) is 12.1. The molecule has 5 heteroatoms. The molecule has 0 unspecified atom stereocenters. The number of ether oxygens (including phenoxy) is 1. The highest BCUT2D eigenvalue weighted by Gasteiger charge is 2.00. The molecule has 0 radical (unpaired) electrons. The van der Waals surface area contributed by atoms with E-state index >= 15 is 0 Å². The van der Waals surface area contributed by atoms with Crippen molar-refractivity contribution in [3.05, 3.63) is 41.1 Å². The van der Waals surface area contributed by atoms with Gasteiger partial charge in [-0.25, -0.2) is 4.98 Å². The second-order valence-corrected chi connectivity index (χ2v) is 5.45. The van der Waals surface area contributed by atoms with E-state index in [9.17, 15) is 0 Å². The Morgan fingerprint density at radius 1 is 1.35 bits per heavy atom. The van der Waals surface area contributed by atoms with E-state index in [0.717, 1.165) is 21.1 Å². The van der Waals surface area contributed by atoms with Crippen LogP contribution in [0.2, 0.25) is 0 Å². The molecule has 0 amide bonds. The van der Waals surface area contributed by atoms with Gasteiger partial charge in [0.15, 0.2) is 5.16 Å². The van der Waals surface area contributed by atoms with E-state index in [-0.39, 0.29) is 0 Å². The molecule has 0 aliphatic rings. The molecule has 2 aromatic rings. The van der Waals surface area contributed by atoms with Crippen LogP contribution in [-0.2, 0) is 7.05 Å². The Bertz CT molecular complexity index is 470. The van der Waals surface area contributed by atoms with Crippen LogP contribution >= 0.6 is 27.7 Å². The Morgan fingerprint density at radius 2 is 2.12 bits per heavy atom. The lowest BCUT2D eigenvalue weighted by Gasteiger charge is -2.05. The van der Waals surface area contributed by atoms with Crippen LogP contribution in [0.4, 0.5) is 0 Å². The zero-order valence-electron chi connectivity index (χ0n) is 9.47. The van der Waals surface area contributed by atoms with Gasteiger partial charge in [0.2, 0.25) is 0 Å². The van der Waals surface area contributed by atoms with Gasteiger partial charge in [0, 0.05) is 29.7 Å². The van der Waals surface area contributed by atoms with Crippen LogP contribution in [0, 0.1) is 0 Å². The molecular formula is C12H13BrN2OS. The van der Waals surface area contributed by atoms with Gasteiger partial charge in [0.25, 0.3) is 0 Å². The molecule has 0 atom stereocenters. The number of rotatable bonds is 5. The molecule has 1 aromatic heterocycles. The van der Waals surface area contributed by atoms with E-state index in [0.29, 0.717) is 6.61 Å². The molecule has 0 fully saturated rings. The van der Waals surface area contributed by atoms with Crippen molar-refractivity contribution in [1.29, 1.82) is 0 Å². The van der Waals surface area contributed by atoms with Crippen LogP contribution in [0.15, 0.2) is 46.3 Å². The Balaban J connectivity index is 1.73. The number of nitrogens with zero attached hydrogens (tertiary/aromatic N) is 2. The predicted octanol–water partition coefficient (Wildman–Crippen LogP) is 3.35. The molecule has 2 rings (SSSR count). The average molecular weight is 313 g/mol. The molecule has 1 aromatic carbocycles. The summed E-state index contributed by atoms with van der Waals surface area (Å²) in [5.74, 6) is 1.79. The normalized spacial score (nSPS) is 10.5. The van der Waals surface area contributed by atoms with Crippen molar-refractivity contribution in [3.8, 4) is 5.75 Å². The van der Waals surface area contributed by atoms with E-state index in [1.54, 1.807) is 18.0 Å². The van der Waals surface area contributed by atoms with Gasteiger partial charge in [-0.05, 0) is 24.3 Å². The molecule has 0 bridgehead atoms. The van der Waals surface area contributed by atoms with Crippen LogP contribution in [0.3, 0.4) is 0 Å². The Labute approximate surface area is 113 Å². The minimum Gasteiger partial charge on any atom is -0.493 e. The fourth-order valence-corrected chi connectivity index (χ4v) is 2.33. The molecule has 1 heterocycles. The van der Waals surface area contributed by atoms with Gasteiger partial charge in [0.05, 0.1) is 6.61 Å². The number of aryl methyl sites for hydroxylation is 1. The van der Waals surface area contributed by atoms with Crippen molar-refractivity contribution in [3.63, 3.8) is 0 Å². The molecular weight excluding hydrogens is 300 g/mol. The highest BCUT2D eigenvalue weighted by atomic mass is 79.9. The van der Waals surface area contributed by atoms with Crippen LogP contribution in [-0.4, -0.2) is 21.9 Å². The molecule has 0 saturated heterocycles. The highest BCUT2D eigenvalue weighted by molar-refractivity contribution is 9.10. The van der Waals surface area contributed by atoms with E-state index in [1.165, 1.54) is 0 Å². The van der Waals surface area contributed by atoms with E-state index in [1.807, 2.05) is 42.1 Å². The Morgan fingerprint density at radius 3 is 2.76 bits per heavy atom. The smallest absolute Gasteiger partial charge is 0.167 e. The summed E-state index contributed by atoms with van der Waals surface area (Å²) >= 11 is 5.08. The van der Waals surface area contributed by atoms with Gasteiger partial charge in [-0.1, -0.05) is 27.7 Å². The Kier molecular flexibility index (Phi) is 4.50. The van der Waals surface area contributed by atoms with Crippen molar-refractivity contribution in [2.24, 2.45) is 7.05 Å². The number of imidazole rings is 1. The quantitative estimate of drug-likeness (QED) is 0.626. The average Bonchev–Trinajstić information content (AvgIpc) is 2.73. The third kappa shape index (κ3) is 3.78. The first kappa shape index (κ1) is 12.5. The Hall–Kier alpha value is -0.940. The van der Waals surface area contributed by atoms with Gasteiger partial charge in [-0.2, -0.15) is 0 Å². The van der Waals surface area contributed by atoms with E-state index in [2.05, 4.69) is 20.9 Å². The van der Waals surface area contributed by atoms with E-state index < -0.39 is 0 Å². The first-order chi connectivity index (χ1) is 8.25. The van der Waals surface area contributed by atoms with Gasteiger partial charge in [-0.3, -0.25) is 0 Å². The van der Waals surface area contributed by atoms with Crippen LogP contribution in [0.5, 0.6) is 5.75 Å². The summed E-state index contributed by atoms with van der Waals surface area (Å²) in [6.45, 7) is 0.680. The van der Waals surface area contributed by atoms with Crippen LogP contribution in [0.25, 0.3) is 0 Å². The van der Waals surface area contributed by atoms with E-state index in [4.69, 9.17) is 4.74 Å².